The zero-order chi connectivity index (χ0) is 15.6. The van der Waals surface area contributed by atoms with Crippen LogP contribution >= 0.6 is 11.6 Å². The zero-order valence-corrected chi connectivity index (χ0v) is 11.3. The van der Waals surface area contributed by atoms with Crippen LogP contribution < -0.4 is 4.72 Å². The van der Waals surface area contributed by atoms with E-state index >= 15 is 0 Å². The van der Waals surface area contributed by atoms with Crippen molar-refractivity contribution < 1.29 is 31.5 Å². The molecule has 0 saturated carbocycles. The van der Waals surface area contributed by atoms with Crippen molar-refractivity contribution in [3.05, 3.63) is 28.8 Å². The minimum absolute atomic E-state index is 0.341. The van der Waals surface area contributed by atoms with Crippen molar-refractivity contribution in [1.29, 1.82) is 0 Å². The quantitative estimate of drug-likeness (QED) is 0.868. The van der Waals surface area contributed by atoms with Crippen LogP contribution in [0.5, 0.6) is 0 Å². The lowest BCUT2D eigenvalue weighted by molar-refractivity contribution is -0.138. The fourth-order valence-electron chi connectivity index (χ4n) is 1.26. The number of sulfonamides is 1. The summed E-state index contributed by atoms with van der Waals surface area (Å²) in [7, 11) is -4.05. The highest BCUT2D eigenvalue weighted by atomic mass is 35.5. The summed E-state index contributed by atoms with van der Waals surface area (Å²) >= 11 is 5.38. The molecule has 5 nitrogen and oxygen atoms in total. The van der Waals surface area contributed by atoms with Gasteiger partial charge in [0.1, 0.15) is 0 Å². The highest BCUT2D eigenvalue weighted by Crippen LogP contribution is 2.36. The van der Waals surface area contributed by atoms with E-state index in [0.29, 0.717) is 6.07 Å². The Bertz CT molecular complexity index is 615. The van der Waals surface area contributed by atoms with Gasteiger partial charge in [-0.2, -0.15) is 13.2 Å². The summed E-state index contributed by atoms with van der Waals surface area (Å²) in [6.07, 6.45) is -5.38. The molecule has 0 amide bonds. The third-order valence-corrected chi connectivity index (χ3v) is 3.75. The van der Waals surface area contributed by atoms with Crippen LogP contribution in [-0.2, 0) is 21.0 Å². The van der Waals surface area contributed by atoms with E-state index in [1.54, 1.807) is 0 Å². The van der Waals surface area contributed by atoms with Gasteiger partial charge in [-0.15, -0.1) is 0 Å². The van der Waals surface area contributed by atoms with Crippen molar-refractivity contribution in [2.24, 2.45) is 0 Å². The van der Waals surface area contributed by atoms with Gasteiger partial charge >= 0.3 is 12.1 Å². The second kappa shape index (κ2) is 5.88. The number of aliphatic carboxylic acids is 1. The summed E-state index contributed by atoms with van der Waals surface area (Å²) < 4.78 is 62.5. The minimum atomic E-state index is -4.72. The molecule has 112 valence electrons. The summed E-state index contributed by atoms with van der Waals surface area (Å²) in [6, 6.07) is 2.50. The van der Waals surface area contributed by atoms with Crippen LogP contribution in [0.15, 0.2) is 18.2 Å². The molecule has 2 N–H and O–H groups in total. The van der Waals surface area contributed by atoms with Gasteiger partial charge in [0.05, 0.1) is 22.8 Å². The summed E-state index contributed by atoms with van der Waals surface area (Å²) in [5.41, 5.74) is -1.52. The second-order valence-corrected chi connectivity index (χ2v) is 6.01. The number of carboxylic acids is 1. The second-order valence-electron chi connectivity index (χ2n) is 3.76. The van der Waals surface area contributed by atoms with Crippen LogP contribution in [0.4, 0.5) is 18.9 Å². The van der Waals surface area contributed by atoms with E-state index in [2.05, 4.69) is 0 Å². The molecule has 0 aliphatic heterocycles. The van der Waals surface area contributed by atoms with Crippen molar-refractivity contribution >= 4 is 33.3 Å². The van der Waals surface area contributed by atoms with Gasteiger partial charge in [0.15, 0.2) is 0 Å². The van der Waals surface area contributed by atoms with Crippen molar-refractivity contribution in [1.82, 2.24) is 0 Å². The van der Waals surface area contributed by atoms with Gasteiger partial charge in [0.25, 0.3) is 0 Å². The maximum Gasteiger partial charge on any atom is 0.417 e. The molecule has 0 atom stereocenters. The molecule has 1 rings (SSSR count). The van der Waals surface area contributed by atoms with Crippen molar-refractivity contribution in [3.63, 3.8) is 0 Å². The van der Waals surface area contributed by atoms with Gasteiger partial charge in [-0.05, 0) is 18.2 Å². The Morgan fingerprint density at radius 3 is 2.45 bits per heavy atom. The normalized spacial score (nSPS) is 12.2. The maximum atomic E-state index is 12.6. The lowest BCUT2D eigenvalue weighted by Gasteiger charge is -2.12. The van der Waals surface area contributed by atoms with E-state index in [9.17, 15) is 26.4 Å². The van der Waals surface area contributed by atoms with E-state index in [1.807, 2.05) is 4.72 Å². The summed E-state index contributed by atoms with van der Waals surface area (Å²) in [4.78, 5) is 10.3. The number of benzene rings is 1. The van der Waals surface area contributed by atoms with Crippen LogP contribution in [0.2, 0.25) is 5.02 Å². The summed E-state index contributed by atoms with van der Waals surface area (Å²) in [6.45, 7) is 0. The molecule has 0 aliphatic rings. The van der Waals surface area contributed by atoms with Gasteiger partial charge in [-0.25, -0.2) is 8.42 Å². The zero-order valence-electron chi connectivity index (χ0n) is 9.74. The molecule has 10 heteroatoms. The third kappa shape index (κ3) is 4.89. The number of anilines is 1. The molecule has 0 saturated heterocycles. The van der Waals surface area contributed by atoms with Crippen LogP contribution in [0, 0.1) is 0 Å². The van der Waals surface area contributed by atoms with E-state index in [0.717, 1.165) is 12.1 Å². The Hall–Kier alpha value is -1.48. The van der Waals surface area contributed by atoms with Crippen molar-refractivity contribution in [2.45, 2.75) is 12.6 Å². The monoisotopic (exact) mass is 331 g/mol. The van der Waals surface area contributed by atoms with E-state index < -0.39 is 44.9 Å². The fourth-order valence-corrected chi connectivity index (χ4v) is 2.51. The van der Waals surface area contributed by atoms with Gasteiger partial charge in [-0.1, -0.05) is 11.6 Å². The average molecular weight is 332 g/mol. The Balaban J connectivity index is 2.97. The first kappa shape index (κ1) is 16.6. The number of carboxylic acid groups (broad SMARTS) is 1. The number of hydrogen-bond acceptors (Lipinski definition) is 3. The lowest BCUT2D eigenvalue weighted by Crippen LogP contribution is -2.19. The molecule has 0 unspecified atom stereocenters. The molecule has 0 radical (unpaired) electrons. The predicted molar refractivity (Wildman–Crippen MR) is 66.1 cm³/mol. The van der Waals surface area contributed by atoms with E-state index in [-0.39, 0.29) is 5.69 Å². The SMILES string of the molecule is O=C(O)CCS(=O)(=O)Nc1ccc(Cl)c(C(F)(F)F)c1. The van der Waals surface area contributed by atoms with Gasteiger partial charge in [-0.3, -0.25) is 9.52 Å². The van der Waals surface area contributed by atoms with Crippen LogP contribution in [-0.4, -0.2) is 25.2 Å². The van der Waals surface area contributed by atoms with Gasteiger partial charge < -0.3 is 5.11 Å². The Kier molecular flexibility index (Phi) is 4.87. The highest BCUT2D eigenvalue weighted by molar-refractivity contribution is 7.92. The molecule has 0 aliphatic carbocycles. The maximum absolute atomic E-state index is 12.6. The third-order valence-electron chi connectivity index (χ3n) is 2.13. The van der Waals surface area contributed by atoms with E-state index in [4.69, 9.17) is 16.7 Å². The Morgan fingerprint density at radius 1 is 1.35 bits per heavy atom. The van der Waals surface area contributed by atoms with Crippen molar-refractivity contribution in [3.8, 4) is 0 Å². The smallest absolute Gasteiger partial charge is 0.417 e. The average Bonchev–Trinajstić information content (AvgIpc) is 2.27. The number of rotatable bonds is 5. The largest absolute Gasteiger partial charge is 0.481 e. The molecule has 1 aromatic carbocycles. The lowest BCUT2D eigenvalue weighted by atomic mass is 10.2. The first-order valence-corrected chi connectivity index (χ1v) is 7.13. The molecule has 0 bridgehead atoms. The molecule has 1 aromatic rings. The van der Waals surface area contributed by atoms with Crippen molar-refractivity contribution in [2.75, 3.05) is 10.5 Å². The first-order chi connectivity index (χ1) is 9.01. The number of alkyl halides is 3. The van der Waals surface area contributed by atoms with Gasteiger partial charge in [0.2, 0.25) is 10.0 Å². The standard InChI is InChI=1S/C10H9ClF3NO4S/c11-8-2-1-6(5-7(8)10(12,13)14)15-20(18,19)4-3-9(16)17/h1-2,5,15H,3-4H2,(H,16,17). The number of hydrogen-bond donors (Lipinski definition) is 2. The predicted octanol–water partition coefficient (Wildman–Crippen LogP) is 2.58. The molecule has 0 fully saturated rings. The molecular formula is C10H9ClF3NO4S. The Morgan fingerprint density at radius 2 is 1.95 bits per heavy atom. The molecule has 0 spiro atoms. The minimum Gasteiger partial charge on any atom is -0.481 e. The van der Waals surface area contributed by atoms with E-state index in [1.165, 1.54) is 0 Å². The molecule has 0 aromatic heterocycles. The number of halogens is 4. The molecule has 20 heavy (non-hydrogen) atoms. The van der Waals surface area contributed by atoms with Crippen LogP contribution in [0.1, 0.15) is 12.0 Å². The summed E-state index contributed by atoms with van der Waals surface area (Å²) in [5, 5.41) is 7.81. The fraction of sp³-hybridized carbons (Fsp3) is 0.300. The van der Waals surface area contributed by atoms with Gasteiger partial charge in [0, 0.05) is 5.69 Å². The Labute approximate surface area is 117 Å². The van der Waals surface area contributed by atoms with Crippen LogP contribution in [0.3, 0.4) is 0 Å². The van der Waals surface area contributed by atoms with Crippen LogP contribution in [0.25, 0.3) is 0 Å². The number of carbonyl (C=O) groups is 1. The topological polar surface area (TPSA) is 83.5 Å². The molecular weight excluding hydrogens is 323 g/mol. The number of nitrogens with one attached hydrogen (secondary N) is 1. The first-order valence-electron chi connectivity index (χ1n) is 5.10. The highest BCUT2D eigenvalue weighted by Gasteiger charge is 2.33. The summed E-state index contributed by atoms with van der Waals surface area (Å²) in [5.74, 6) is -2.07. The molecule has 0 heterocycles.